The molecule has 0 spiro atoms. The summed E-state index contributed by atoms with van der Waals surface area (Å²) in [6.45, 7) is 0. The van der Waals surface area contributed by atoms with Crippen molar-refractivity contribution in [2.45, 2.75) is 18.7 Å². The van der Waals surface area contributed by atoms with Gasteiger partial charge in [0.25, 0.3) is 0 Å². The van der Waals surface area contributed by atoms with Gasteiger partial charge in [-0.1, -0.05) is 12.1 Å². The number of aromatic nitrogens is 1. The lowest BCUT2D eigenvalue weighted by molar-refractivity contribution is -0.0209. The molecule has 3 heterocycles. The summed E-state index contributed by atoms with van der Waals surface area (Å²) in [5, 5.41) is 16.9. The van der Waals surface area contributed by atoms with E-state index in [1.165, 1.54) is 7.11 Å². The highest BCUT2D eigenvalue weighted by Gasteiger charge is 2.42. The van der Waals surface area contributed by atoms with Gasteiger partial charge in [-0.2, -0.15) is 5.10 Å². The number of rotatable bonds is 4. The fraction of sp³-hybridized carbons (Fsp3) is 0.217. The van der Waals surface area contributed by atoms with Crippen LogP contribution in [0, 0.1) is 0 Å². The van der Waals surface area contributed by atoms with Crippen LogP contribution in [0.15, 0.2) is 66.0 Å². The van der Waals surface area contributed by atoms with Crippen molar-refractivity contribution >= 4 is 5.71 Å². The van der Waals surface area contributed by atoms with Gasteiger partial charge < -0.3 is 19.3 Å². The fourth-order valence-electron chi connectivity index (χ4n) is 4.02. The predicted octanol–water partition coefficient (Wildman–Crippen LogP) is 4.05. The van der Waals surface area contributed by atoms with E-state index in [-0.39, 0.29) is 11.8 Å². The molecular formula is C23H21N3O4. The van der Waals surface area contributed by atoms with Crippen LogP contribution in [0.3, 0.4) is 0 Å². The molecule has 0 bridgehead atoms. The molecule has 7 heteroatoms. The summed E-state index contributed by atoms with van der Waals surface area (Å²) in [5.41, 5.74) is 3.79. The van der Waals surface area contributed by atoms with Gasteiger partial charge in [0.1, 0.15) is 0 Å². The number of phenolic OH excluding ortho intramolecular Hbond substituents is 1. The summed E-state index contributed by atoms with van der Waals surface area (Å²) in [6, 6.07) is 15.1. The van der Waals surface area contributed by atoms with E-state index in [0.717, 1.165) is 28.2 Å². The van der Waals surface area contributed by atoms with Crippen LogP contribution in [0.5, 0.6) is 23.0 Å². The largest absolute Gasteiger partial charge is 0.504 e. The highest BCUT2D eigenvalue weighted by atomic mass is 16.5. The molecule has 2 aromatic carbocycles. The van der Waals surface area contributed by atoms with Crippen molar-refractivity contribution in [3.63, 3.8) is 0 Å². The first kappa shape index (κ1) is 18.3. The minimum absolute atomic E-state index is 0.00295. The number of pyridine rings is 1. The van der Waals surface area contributed by atoms with Crippen LogP contribution in [-0.4, -0.2) is 35.0 Å². The van der Waals surface area contributed by atoms with Crippen LogP contribution in [0.25, 0.3) is 0 Å². The summed E-state index contributed by atoms with van der Waals surface area (Å²) in [5.74, 6) is 1.96. The van der Waals surface area contributed by atoms with Gasteiger partial charge in [0.05, 0.1) is 26.0 Å². The van der Waals surface area contributed by atoms with E-state index in [1.54, 1.807) is 31.6 Å². The Morgan fingerprint density at radius 3 is 2.60 bits per heavy atom. The summed E-state index contributed by atoms with van der Waals surface area (Å²) < 4.78 is 17.2. The van der Waals surface area contributed by atoms with Gasteiger partial charge in [0.2, 0.25) is 6.23 Å². The minimum atomic E-state index is -0.404. The number of nitrogens with zero attached hydrogens (tertiary/aromatic N) is 3. The standard InChI is InChI=1S/C23H21N3O4/c1-28-20-5-3-4-16-18-13-17(15-6-7-19(27)21(12-15)29-2)25-26(18)23(30-22(16)20)14-8-10-24-11-9-14/h3-12,18,23,27H,13H2,1-2H3/t18-,23-/m0/s1. The number of phenols is 1. The third kappa shape index (κ3) is 2.90. The normalized spacial score (nSPS) is 19.4. The number of para-hydroxylation sites is 1. The Balaban J connectivity index is 1.61. The second-order valence-corrected chi connectivity index (χ2v) is 7.16. The molecular weight excluding hydrogens is 382 g/mol. The number of methoxy groups -OCH3 is 2. The van der Waals surface area contributed by atoms with E-state index in [1.807, 2.05) is 41.4 Å². The lowest BCUT2D eigenvalue weighted by Crippen LogP contribution is -2.33. The quantitative estimate of drug-likeness (QED) is 0.708. The van der Waals surface area contributed by atoms with E-state index in [9.17, 15) is 5.11 Å². The van der Waals surface area contributed by atoms with Gasteiger partial charge in [-0.15, -0.1) is 0 Å². The zero-order valence-corrected chi connectivity index (χ0v) is 16.6. The molecule has 30 heavy (non-hydrogen) atoms. The van der Waals surface area contributed by atoms with Gasteiger partial charge >= 0.3 is 0 Å². The minimum Gasteiger partial charge on any atom is -0.504 e. The molecule has 1 aromatic heterocycles. The molecule has 152 valence electrons. The van der Waals surface area contributed by atoms with Crippen LogP contribution in [0.1, 0.15) is 35.4 Å². The molecule has 5 rings (SSSR count). The molecule has 0 aliphatic carbocycles. The van der Waals surface area contributed by atoms with E-state index < -0.39 is 6.23 Å². The molecule has 0 saturated carbocycles. The van der Waals surface area contributed by atoms with Crippen molar-refractivity contribution in [1.29, 1.82) is 0 Å². The number of benzene rings is 2. The van der Waals surface area contributed by atoms with E-state index in [0.29, 0.717) is 17.9 Å². The molecule has 0 saturated heterocycles. The van der Waals surface area contributed by atoms with E-state index in [2.05, 4.69) is 4.98 Å². The first-order valence-corrected chi connectivity index (χ1v) is 9.66. The first-order chi connectivity index (χ1) is 14.7. The van der Waals surface area contributed by atoms with Gasteiger partial charge in [0, 0.05) is 35.5 Å². The van der Waals surface area contributed by atoms with Crippen LogP contribution in [0.2, 0.25) is 0 Å². The number of hydrogen-bond acceptors (Lipinski definition) is 7. The first-order valence-electron chi connectivity index (χ1n) is 9.66. The summed E-state index contributed by atoms with van der Waals surface area (Å²) in [6.07, 6.45) is 3.78. The molecule has 0 unspecified atom stereocenters. The molecule has 3 aromatic rings. The third-order valence-electron chi connectivity index (χ3n) is 5.50. The number of ether oxygens (including phenoxy) is 3. The van der Waals surface area contributed by atoms with Gasteiger partial charge in [-0.3, -0.25) is 4.98 Å². The molecule has 2 aliphatic rings. The SMILES string of the molecule is COc1cc(C2=NN3[C@@H](C2)c2cccc(OC)c2O[C@H]3c2ccncc2)ccc1O. The maximum Gasteiger partial charge on any atom is 0.214 e. The van der Waals surface area contributed by atoms with Crippen LogP contribution in [0.4, 0.5) is 0 Å². The predicted molar refractivity (Wildman–Crippen MR) is 111 cm³/mol. The summed E-state index contributed by atoms with van der Waals surface area (Å²) in [4.78, 5) is 4.12. The Bertz CT molecular complexity index is 1120. The molecule has 0 amide bonds. The van der Waals surface area contributed by atoms with Crippen LogP contribution >= 0.6 is 0 Å². The van der Waals surface area contributed by atoms with Crippen molar-refractivity contribution in [1.82, 2.24) is 9.99 Å². The van der Waals surface area contributed by atoms with Crippen LogP contribution in [-0.2, 0) is 0 Å². The Hall–Kier alpha value is -3.74. The topological polar surface area (TPSA) is 76.4 Å². The highest BCUT2D eigenvalue weighted by molar-refractivity contribution is 6.02. The maximum absolute atomic E-state index is 9.95. The van der Waals surface area contributed by atoms with E-state index >= 15 is 0 Å². The molecule has 7 nitrogen and oxygen atoms in total. The molecule has 1 N–H and O–H groups in total. The molecule has 2 atom stereocenters. The fourth-order valence-corrected chi connectivity index (χ4v) is 4.02. The smallest absolute Gasteiger partial charge is 0.214 e. The van der Waals surface area contributed by atoms with Gasteiger partial charge in [-0.25, -0.2) is 5.01 Å². The maximum atomic E-state index is 9.95. The van der Waals surface area contributed by atoms with Gasteiger partial charge in [0.15, 0.2) is 23.0 Å². The Morgan fingerprint density at radius 1 is 1.03 bits per heavy atom. The van der Waals surface area contributed by atoms with Gasteiger partial charge in [-0.05, 0) is 36.4 Å². The van der Waals surface area contributed by atoms with Crippen LogP contribution < -0.4 is 14.2 Å². The monoisotopic (exact) mass is 403 g/mol. The lowest BCUT2D eigenvalue weighted by Gasteiger charge is -2.38. The van der Waals surface area contributed by atoms with E-state index in [4.69, 9.17) is 19.3 Å². The zero-order chi connectivity index (χ0) is 20.7. The second-order valence-electron chi connectivity index (χ2n) is 7.16. The Labute approximate surface area is 174 Å². The van der Waals surface area contributed by atoms with Crippen molar-refractivity contribution < 1.29 is 19.3 Å². The number of hydrogen-bond donors (Lipinski definition) is 1. The summed E-state index contributed by atoms with van der Waals surface area (Å²) in [7, 11) is 3.18. The van der Waals surface area contributed by atoms with Crippen molar-refractivity contribution in [3.8, 4) is 23.0 Å². The average molecular weight is 403 g/mol. The number of hydrazone groups is 1. The number of aromatic hydroxyl groups is 1. The summed E-state index contributed by atoms with van der Waals surface area (Å²) >= 11 is 0. The number of fused-ring (bicyclic) bond motifs is 3. The van der Waals surface area contributed by atoms with Crippen molar-refractivity contribution in [2.75, 3.05) is 14.2 Å². The molecule has 0 fully saturated rings. The zero-order valence-electron chi connectivity index (χ0n) is 16.6. The van der Waals surface area contributed by atoms with Crippen molar-refractivity contribution in [3.05, 3.63) is 77.6 Å². The highest BCUT2D eigenvalue weighted by Crippen LogP contribution is 2.50. The second kappa shape index (κ2) is 7.26. The molecule has 0 radical (unpaired) electrons. The third-order valence-corrected chi connectivity index (χ3v) is 5.50. The Kier molecular flexibility index (Phi) is 4.43. The lowest BCUT2D eigenvalue weighted by atomic mass is 9.95. The average Bonchev–Trinajstić information content (AvgIpc) is 3.24. The Morgan fingerprint density at radius 2 is 1.83 bits per heavy atom. The molecule has 2 aliphatic heterocycles. The van der Waals surface area contributed by atoms with Crippen molar-refractivity contribution in [2.24, 2.45) is 5.10 Å².